The van der Waals surface area contributed by atoms with E-state index in [4.69, 9.17) is 9.47 Å². The van der Waals surface area contributed by atoms with E-state index >= 15 is 0 Å². The summed E-state index contributed by atoms with van der Waals surface area (Å²) in [4.78, 5) is 15.8. The molecule has 0 spiro atoms. The van der Waals surface area contributed by atoms with Gasteiger partial charge in [-0.15, -0.1) is 0 Å². The molecule has 0 saturated carbocycles. The molecule has 3 unspecified atom stereocenters. The number of fused-ring (bicyclic) bond motifs is 2. The van der Waals surface area contributed by atoms with Gasteiger partial charge < -0.3 is 14.0 Å². The van der Waals surface area contributed by atoms with E-state index in [-0.39, 0.29) is 23.9 Å². The topological polar surface area (TPSA) is 43.7 Å². The normalized spacial score (nSPS) is 28.3. The van der Waals surface area contributed by atoms with Gasteiger partial charge in [0.15, 0.2) is 0 Å². The number of nitrogens with zero attached hydrogens (tertiary/aromatic N) is 2. The Kier molecular flexibility index (Phi) is 6.54. The number of esters is 1. The van der Waals surface area contributed by atoms with Crippen LogP contribution in [0.15, 0.2) is 24.4 Å². The number of aromatic nitrogens is 1. The molecule has 2 aliphatic heterocycles. The predicted molar refractivity (Wildman–Crippen MR) is 132 cm³/mol. The molecule has 5 heteroatoms. The molecule has 0 N–H and O–H groups in total. The van der Waals surface area contributed by atoms with Gasteiger partial charge in [-0.05, 0) is 69.7 Å². The Morgan fingerprint density at radius 3 is 2.85 bits per heavy atom. The Morgan fingerprint density at radius 1 is 1.27 bits per heavy atom. The van der Waals surface area contributed by atoms with E-state index in [1.165, 1.54) is 22.0 Å². The number of hydrogen-bond donors (Lipinski definition) is 0. The van der Waals surface area contributed by atoms with Crippen molar-refractivity contribution in [3.8, 4) is 0 Å². The number of likely N-dealkylation sites (tertiary alicyclic amines) is 1. The fraction of sp³-hybridized carbons (Fsp3) is 0.679. The van der Waals surface area contributed by atoms with Crippen LogP contribution < -0.4 is 0 Å². The Balaban J connectivity index is 1.38. The first kappa shape index (κ1) is 22.9. The van der Waals surface area contributed by atoms with Crippen molar-refractivity contribution in [1.29, 1.82) is 0 Å². The Bertz CT molecular complexity index is 990. The molecule has 1 aromatic carbocycles. The number of piperidine rings is 1. The minimum Gasteiger partial charge on any atom is -0.465 e. The Hall–Kier alpha value is -1.85. The summed E-state index contributed by atoms with van der Waals surface area (Å²) >= 11 is 0. The molecule has 2 fully saturated rings. The maximum atomic E-state index is 13.2. The monoisotopic (exact) mass is 452 g/mol. The van der Waals surface area contributed by atoms with Gasteiger partial charge in [0.05, 0.1) is 18.6 Å². The predicted octanol–water partition coefficient (Wildman–Crippen LogP) is 5.32. The second-order valence-electron chi connectivity index (χ2n) is 10.9. The molecule has 5 nitrogen and oxygen atoms in total. The van der Waals surface area contributed by atoms with E-state index in [9.17, 15) is 4.79 Å². The van der Waals surface area contributed by atoms with Crippen molar-refractivity contribution in [3.05, 3.63) is 35.5 Å². The highest BCUT2D eigenvalue weighted by atomic mass is 16.5. The molecule has 0 radical (unpaired) electrons. The minimum atomic E-state index is -0.0570. The van der Waals surface area contributed by atoms with Crippen molar-refractivity contribution in [2.45, 2.75) is 83.9 Å². The molecule has 3 aliphatic rings. The smallest absolute Gasteiger partial charge is 0.310 e. The average molecular weight is 453 g/mol. The van der Waals surface area contributed by atoms with Gasteiger partial charge in [0.2, 0.25) is 0 Å². The average Bonchev–Trinajstić information content (AvgIpc) is 3.47. The first-order chi connectivity index (χ1) is 16.0. The van der Waals surface area contributed by atoms with E-state index < -0.39 is 0 Å². The standard InChI is InChI=1S/C28H40N2O3/c1-5-11-29-15-21(28(31)33-17-19(4)26-10-7-12-32-26)13-23-22-8-6-9-24-27(22)20(14-25(23)29)16-30(24)18(2)3/h6,8-9,16,18-19,21,23,25-26H,5,7,10-15,17H2,1-4H3/t19?,21-,23?,25-,26?/m1/s1. The lowest BCUT2D eigenvalue weighted by atomic mass is 9.72. The maximum absolute atomic E-state index is 13.2. The van der Waals surface area contributed by atoms with Gasteiger partial charge in [-0.2, -0.15) is 0 Å². The molecule has 2 saturated heterocycles. The number of hydrogen-bond acceptors (Lipinski definition) is 4. The third kappa shape index (κ3) is 4.23. The SMILES string of the molecule is CCCN1C[C@H](C(=O)OCC(C)C2CCCO2)CC2c3cccc4c3c(cn4C(C)C)C[C@H]21. The number of rotatable bonds is 7. The maximum Gasteiger partial charge on any atom is 0.310 e. The lowest BCUT2D eigenvalue weighted by Gasteiger charge is -2.46. The molecule has 0 amide bonds. The van der Waals surface area contributed by atoms with Crippen molar-refractivity contribution in [3.63, 3.8) is 0 Å². The third-order valence-corrected chi connectivity index (χ3v) is 8.21. The van der Waals surface area contributed by atoms with Gasteiger partial charge in [0.1, 0.15) is 0 Å². The molecule has 5 atom stereocenters. The summed E-state index contributed by atoms with van der Waals surface area (Å²) in [5, 5.41) is 1.44. The zero-order valence-corrected chi connectivity index (χ0v) is 20.8. The van der Waals surface area contributed by atoms with E-state index in [1.54, 1.807) is 0 Å². The highest BCUT2D eigenvalue weighted by Gasteiger charge is 2.43. The molecular weight excluding hydrogens is 412 g/mol. The van der Waals surface area contributed by atoms with Crippen LogP contribution >= 0.6 is 0 Å². The van der Waals surface area contributed by atoms with Crippen LogP contribution in [0.1, 0.15) is 76.5 Å². The first-order valence-electron chi connectivity index (χ1n) is 13.1. The van der Waals surface area contributed by atoms with Crippen LogP contribution in [-0.2, 0) is 20.7 Å². The lowest BCUT2D eigenvalue weighted by molar-refractivity contribution is -0.154. The molecule has 3 heterocycles. The van der Waals surface area contributed by atoms with Gasteiger partial charge >= 0.3 is 5.97 Å². The van der Waals surface area contributed by atoms with Gasteiger partial charge in [-0.1, -0.05) is 26.0 Å². The second-order valence-corrected chi connectivity index (χ2v) is 10.9. The van der Waals surface area contributed by atoms with Crippen molar-refractivity contribution < 1.29 is 14.3 Å². The molecule has 1 aliphatic carbocycles. The van der Waals surface area contributed by atoms with E-state index in [1.807, 2.05) is 0 Å². The summed E-state index contributed by atoms with van der Waals surface area (Å²) in [7, 11) is 0. The van der Waals surface area contributed by atoms with Gasteiger partial charge in [0, 0.05) is 54.2 Å². The third-order valence-electron chi connectivity index (χ3n) is 8.21. The number of carbonyl (C=O) groups excluding carboxylic acids is 1. The molecule has 180 valence electrons. The van der Waals surface area contributed by atoms with Crippen molar-refractivity contribution >= 4 is 16.9 Å². The first-order valence-corrected chi connectivity index (χ1v) is 13.1. The van der Waals surface area contributed by atoms with Crippen molar-refractivity contribution in [2.75, 3.05) is 26.3 Å². The van der Waals surface area contributed by atoms with Crippen LogP contribution in [0.4, 0.5) is 0 Å². The fourth-order valence-corrected chi connectivity index (χ4v) is 6.56. The summed E-state index contributed by atoms with van der Waals surface area (Å²) in [6, 6.07) is 7.69. The largest absolute Gasteiger partial charge is 0.465 e. The molecule has 1 aromatic heterocycles. The van der Waals surface area contributed by atoms with Crippen LogP contribution in [0.5, 0.6) is 0 Å². The summed E-state index contributed by atoms with van der Waals surface area (Å²) in [6.07, 6.45) is 7.89. The molecule has 2 aromatic rings. The van der Waals surface area contributed by atoms with E-state index in [0.29, 0.717) is 24.6 Å². The van der Waals surface area contributed by atoms with Crippen LogP contribution in [0.25, 0.3) is 10.9 Å². The summed E-state index contributed by atoms with van der Waals surface area (Å²) in [5.41, 5.74) is 4.25. The zero-order chi connectivity index (χ0) is 23.1. The number of benzene rings is 1. The van der Waals surface area contributed by atoms with Crippen LogP contribution in [0.3, 0.4) is 0 Å². The van der Waals surface area contributed by atoms with E-state index in [0.717, 1.165) is 51.8 Å². The lowest BCUT2D eigenvalue weighted by Crippen LogP contribution is -2.52. The molecule has 33 heavy (non-hydrogen) atoms. The van der Waals surface area contributed by atoms with Gasteiger partial charge in [-0.25, -0.2) is 0 Å². The summed E-state index contributed by atoms with van der Waals surface area (Å²) in [5.74, 6) is 0.578. The quantitative estimate of drug-likeness (QED) is 0.533. The molecule has 5 rings (SSSR count). The van der Waals surface area contributed by atoms with Crippen molar-refractivity contribution in [2.24, 2.45) is 11.8 Å². The van der Waals surface area contributed by atoms with E-state index in [2.05, 4.69) is 61.6 Å². The zero-order valence-electron chi connectivity index (χ0n) is 20.8. The summed E-state index contributed by atoms with van der Waals surface area (Å²) < 4.78 is 14.1. The highest BCUT2D eigenvalue weighted by molar-refractivity contribution is 5.89. The van der Waals surface area contributed by atoms with Gasteiger partial charge in [-0.3, -0.25) is 9.69 Å². The fourth-order valence-electron chi connectivity index (χ4n) is 6.56. The van der Waals surface area contributed by atoms with Crippen LogP contribution in [0, 0.1) is 11.8 Å². The highest BCUT2D eigenvalue weighted by Crippen LogP contribution is 2.46. The number of carbonyl (C=O) groups is 1. The Morgan fingerprint density at radius 2 is 2.12 bits per heavy atom. The molecular formula is C28H40N2O3. The minimum absolute atomic E-state index is 0.0166. The van der Waals surface area contributed by atoms with Crippen LogP contribution in [-0.4, -0.2) is 53.9 Å². The molecule has 0 bridgehead atoms. The number of ether oxygens (including phenoxy) is 2. The Labute approximate surface area is 198 Å². The van der Waals surface area contributed by atoms with Crippen LogP contribution in [0.2, 0.25) is 0 Å². The second kappa shape index (κ2) is 9.42. The van der Waals surface area contributed by atoms with Gasteiger partial charge in [0.25, 0.3) is 0 Å². The summed E-state index contributed by atoms with van der Waals surface area (Å²) in [6.45, 7) is 12.1. The van der Waals surface area contributed by atoms with Crippen molar-refractivity contribution in [1.82, 2.24) is 9.47 Å².